The Balaban J connectivity index is 1.52. The molecule has 3 heterocycles. The Hall–Kier alpha value is -1.88. The molecule has 2 amide bonds. The van der Waals surface area contributed by atoms with Crippen LogP contribution in [0.25, 0.3) is 0 Å². The molecule has 3 atom stereocenters. The number of hydrogen-bond acceptors (Lipinski definition) is 3. The second-order valence-corrected chi connectivity index (χ2v) is 7.01. The summed E-state index contributed by atoms with van der Waals surface area (Å²) in [5, 5.41) is 0. The van der Waals surface area contributed by atoms with Gasteiger partial charge in [-0.25, -0.2) is 0 Å². The third-order valence-corrected chi connectivity index (χ3v) is 5.53. The van der Waals surface area contributed by atoms with Gasteiger partial charge in [-0.05, 0) is 24.8 Å². The molecular weight excluding hydrogens is 304 g/mol. The summed E-state index contributed by atoms with van der Waals surface area (Å²) in [4.78, 5) is 29.0. The molecule has 128 valence electrons. The molecule has 0 aliphatic carbocycles. The average Bonchev–Trinajstić information content (AvgIpc) is 3.19. The molecule has 0 bridgehead atoms. The van der Waals surface area contributed by atoms with Crippen molar-refractivity contribution in [2.45, 2.75) is 50.3 Å². The lowest BCUT2D eigenvalue weighted by Crippen LogP contribution is -2.48. The van der Waals surface area contributed by atoms with E-state index >= 15 is 0 Å². The van der Waals surface area contributed by atoms with Gasteiger partial charge in [0.25, 0.3) is 0 Å². The Bertz CT molecular complexity index is 618. The summed E-state index contributed by atoms with van der Waals surface area (Å²) in [6.07, 6.45) is 3.92. The highest BCUT2D eigenvalue weighted by Gasteiger charge is 2.49. The lowest BCUT2D eigenvalue weighted by atomic mass is 10.00. The van der Waals surface area contributed by atoms with Crippen molar-refractivity contribution < 1.29 is 14.3 Å². The molecule has 3 saturated heterocycles. The topological polar surface area (TPSA) is 49.9 Å². The number of hydrogen-bond donors (Lipinski definition) is 0. The zero-order chi connectivity index (χ0) is 16.5. The SMILES string of the molecule is O=C1CCCN1[C@H]1CN(C(=O)Cc2ccccc2)[C@H]2CCCO[C@@H]12. The highest BCUT2D eigenvalue weighted by molar-refractivity contribution is 5.81. The van der Waals surface area contributed by atoms with Gasteiger partial charge in [-0.15, -0.1) is 0 Å². The molecule has 0 aromatic heterocycles. The molecule has 5 nitrogen and oxygen atoms in total. The minimum absolute atomic E-state index is 0.0134. The molecule has 1 aromatic carbocycles. The Morgan fingerprint density at radius 1 is 1.17 bits per heavy atom. The fraction of sp³-hybridized carbons (Fsp3) is 0.579. The third kappa shape index (κ3) is 2.81. The molecule has 0 spiro atoms. The first-order valence-corrected chi connectivity index (χ1v) is 8.98. The summed E-state index contributed by atoms with van der Waals surface area (Å²) in [6.45, 7) is 2.16. The molecule has 3 aliphatic rings. The lowest BCUT2D eigenvalue weighted by Gasteiger charge is -2.34. The van der Waals surface area contributed by atoms with Crippen LogP contribution in [-0.2, 0) is 20.7 Å². The van der Waals surface area contributed by atoms with Crippen molar-refractivity contribution in [2.75, 3.05) is 19.7 Å². The minimum atomic E-state index is -0.0134. The van der Waals surface area contributed by atoms with Gasteiger partial charge in [-0.1, -0.05) is 30.3 Å². The lowest BCUT2D eigenvalue weighted by molar-refractivity contribution is -0.134. The van der Waals surface area contributed by atoms with Crippen LogP contribution < -0.4 is 0 Å². The van der Waals surface area contributed by atoms with Crippen LogP contribution in [-0.4, -0.2) is 59.5 Å². The Labute approximate surface area is 142 Å². The summed E-state index contributed by atoms with van der Waals surface area (Å²) in [6, 6.07) is 10.0. The molecule has 5 heteroatoms. The monoisotopic (exact) mass is 328 g/mol. The summed E-state index contributed by atoms with van der Waals surface area (Å²) in [7, 11) is 0. The standard InChI is InChI=1S/C19H24N2O3/c22-17-9-4-10-20(17)16-13-21(15-8-5-11-24-19(15)16)18(23)12-14-6-2-1-3-7-14/h1-3,6-7,15-16,19H,4-5,8-13H2/t15-,16-,19+/m0/s1. The number of nitrogens with zero attached hydrogens (tertiary/aromatic N) is 2. The number of ether oxygens (including phenoxy) is 1. The fourth-order valence-electron chi connectivity index (χ4n) is 4.38. The molecule has 0 N–H and O–H groups in total. The van der Waals surface area contributed by atoms with Gasteiger partial charge in [-0.2, -0.15) is 0 Å². The van der Waals surface area contributed by atoms with Gasteiger partial charge < -0.3 is 14.5 Å². The maximum atomic E-state index is 12.9. The molecule has 0 radical (unpaired) electrons. The number of carbonyl (C=O) groups excluding carboxylic acids is 2. The second-order valence-electron chi connectivity index (χ2n) is 7.01. The van der Waals surface area contributed by atoms with Gasteiger partial charge >= 0.3 is 0 Å². The van der Waals surface area contributed by atoms with Gasteiger partial charge in [0, 0.05) is 26.1 Å². The summed E-state index contributed by atoms with van der Waals surface area (Å²) >= 11 is 0. The van der Waals surface area contributed by atoms with Gasteiger partial charge in [0.2, 0.25) is 11.8 Å². The number of amides is 2. The zero-order valence-corrected chi connectivity index (χ0v) is 13.9. The predicted molar refractivity (Wildman–Crippen MR) is 89.4 cm³/mol. The molecule has 24 heavy (non-hydrogen) atoms. The van der Waals surface area contributed by atoms with Crippen LogP contribution >= 0.6 is 0 Å². The highest BCUT2D eigenvalue weighted by atomic mass is 16.5. The first-order valence-electron chi connectivity index (χ1n) is 8.98. The van der Waals surface area contributed by atoms with Crippen molar-refractivity contribution in [1.82, 2.24) is 9.80 Å². The van der Waals surface area contributed by atoms with Crippen molar-refractivity contribution in [2.24, 2.45) is 0 Å². The quantitative estimate of drug-likeness (QED) is 0.847. The van der Waals surface area contributed by atoms with Crippen LogP contribution in [0, 0.1) is 0 Å². The summed E-state index contributed by atoms with van der Waals surface area (Å²) in [5.74, 6) is 0.362. The maximum absolute atomic E-state index is 12.9. The van der Waals surface area contributed by atoms with E-state index < -0.39 is 0 Å². The molecule has 3 fully saturated rings. The number of benzene rings is 1. The maximum Gasteiger partial charge on any atom is 0.227 e. The van der Waals surface area contributed by atoms with E-state index in [2.05, 4.69) is 0 Å². The Morgan fingerprint density at radius 2 is 2.00 bits per heavy atom. The largest absolute Gasteiger partial charge is 0.374 e. The van der Waals surface area contributed by atoms with Crippen molar-refractivity contribution in [3.05, 3.63) is 35.9 Å². The van der Waals surface area contributed by atoms with E-state index in [-0.39, 0.29) is 30.0 Å². The third-order valence-electron chi connectivity index (χ3n) is 5.53. The van der Waals surface area contributed by atoms with Crippen LogP contribution in [0.2, 0.25) is 0 Å². The van der Waals surface area contributed by atoms with Crippen molar-refractivity contribution >= 4 is 11.8 Å². The second kappa shape index (κ2) is 6.55. The Kier molecular flexibility index (Phi) is 4.27. The first kappa shape index (κ1) is 15.6. The smallest absolute Gasteiger partial charge is 0.227 e. The van der Waals surface area contributed by atoms with Gasteiger partial charge in [0.1, 0.15) is 0 Å². The molecule has 3 aliphatic heterocycles. The van der Waals surface area contributed by atoms with Gasteiger partial charge in [0.05, 0.1) is 24.6 Å². The van der Waals surface area contributed by atoms with E-state index in [4.69, 9.17) is 4.74 Å². The van der Waals surface area contributed by atoms with Crippen LogP contribution in [0.5, 0.6) is 0 Å². The number of fused-ring (bicyclic) bond motifs is 1. The van der Waals surface area contributed by atoms with E-state index in [1.165, 1.54) is 0 Å². The number of rotatable bonds is 3. The predicted octanol–water partition coefficient (Wildman–Crippen LogP) is 1.61. The average molecular weight is 328 g/mol. The van der Waals surface area contributed by atoms with Crippen molar-refractivity contribution in [3.63, 3.8) is 0 Å². The van der Waals surface area contributed by atoms with Crippen LogP contribution in [0.15, 0.2) is 30.3 Å². The van der Waals surface area contributed by atoms with Gasteiger partial charge in [-0.3, -0.25) is 9.59 Å². The zero-order valence-electron chi connectivity index (χ0n) is 13.9. The fourth-order valence-corrected chi connectivity index (χ4v) is 4.38. The molecule has 0 saturated carbocycles. The molecule has 4 rings (SSSR count). The molecule has 0 unspecified atom stereocenters. The van der Waals surface area contributed by atoms with Crippen molar-refractivity contribution in [3.8, 4) is 0 Å². The van der Waals surface area contributed by atoms with Crippen LogP contribution in [0.3, 0.4) is 0 Å². The normalized spacial score (nSPS) is 29.8. The minimum Gasteiger partial charge on any atom is -0.374 e. The van der Waals surface area contributed by atoms with Crippen molar-refractivity contribution in [1.29, 1.82) is 0 Å². The first-order chi connectivity index (χ1) is 11.7. The molecule has 1 aromatic rings. The van der Waals surface area contributed by atoms with E-state index in [0.29, 0.717) is 19.4 Å². The summed E-state index contributed by atoms with van der Waals surface area (Å²) < 4.78 is 6.02. The molecular formula is C19H24N2O3. The van der Waals surface area contributed by atoms with Crippen LogP contribution in [0.1, 0.15) is 31.2 Å². The number of likely N-dealkylation sites (tertiary alicyclic amines) is 2. The summed E-state index contributed by atoms with van der Waals surface area (Å²) in [5.41, 5.74) is 1.04. The Morgan fingerprint density at radius 3 is 2.75 bits per heavy atom. The number of carbonyl (C=O) groups is 2. The van der Waals surface area contributed by atoms with E-state index in [0.717, 1.165) is 38.0 Å². The van der Waals surface area contributed by atoms with E-state index in [9.17, 15) is 9.59 Å². The van der Waals surface area contributed by atoms with Crippen LogP contribution in [0.4, 0.5) is 0 Å². The van der Waals surface area contributed by atoms with Gasteiger partial charge in [0.15, 0.2) is 0 Å². The van der Waals surface area contributed by atoms with E-state index in [1.807, 2.05) is 40.1 Å². The van der Waals surface area contributed by atoms with E-state index in [1.54, 1.807) is 0 Å². The highest BCUT2D eigenvalue weighted by Crippen LogP contribution is 2.33.